The van der Waals surface area contributed by atoms with Crippen LogP contribution in [0.25, 0.3) is 10.4 Å². The van der Waals surface area contributed by atoms with E-state index in [1.807, 2.05) is 0 Å². The van der Waals surface area contributed by atoms with Crippen LogP contribution >= 0.6 is 34.5 Å². The molecular weight excluding hydrogens is 439 g/mol. The first-order valence-electron chi connectivity index (χ1n) is 8.20. The van der Waals surface area contributed by atoms with Crippen LogP contribution < -0.4 is 0 Å². The zero-order chi connectivity index (χ0) is 20.6. The molecule has 3 aromatic rings. The molecule has 0 saturated heterocycles. The average Bonchev–Trinajstić information content (AvgIpc) is 3.02. The lowest BCUT2D eigenvalue weighted by Gasteiger charge is -2.10. The third-order valence-corrected chi connectivity index (χ3v) is 7.94. The average molecular weight is 455 g/mol. The summed E-state index contributed by atoms with van der Waals surface area (Å²) in [6, 6.07) is 11.7. The second-order valence-electron chi connectivity index (χ2n) is 6.40. The number of halogens is 2. The van der Waals surface area contributed by atoms with E-state index in [1.54, 1.807) is 50.2 Å². The zero-order valence-corrected chi connectivity index (χ0v) is 18.1. The molecule has 2 aromatic carbocycles. The van der Waals surface area contributed by atoms with Gasteiger partial charge < -0.3 is 5.11 Å². The van der Waals surface area contributed by atoms with Crippen molar-refractivity contribution in [2.24, 2.45) is 0 Å². The number of sulfone groups is 1. The lowest BCUT2D eigenvalue weighted by Crippen LogP contribution is -2.09. The molecule has 0 radical (unpaired) electrons. The van der Waals surface area contributed by atoms with Gasteiger partial charge >= 0.3 is 5.97 Å². The molecule has 3 rings (SSSR count). The summed E-state index contributed by atoms with van der Waals surface area (Å²) in [4.78, 5) is 12.5. The molecule has 4 nitrogen and oxygen atoms in total. The van der Waals surface area contributed by atoms with Crippen molar-refractivity contribution in [2.45, 2.75) is 24.5 Å². The first-order chi connectivity index (χ1) is 13.1. The molecule has 0 unspecified atom stereocenters. The van der Waals surface area contributed by atoms with Gasteiger partial charge in [0.1, 0.15) is 4.88 Å². The summed E-state index contributed by atoms with van der Waals surface area (Å²) < 4.78 is 26.0. The lowest BCUT2D eigenvalue weighted by molar-refractivity contribution is 0.0701. The fraction of sp³-hybridized carbons (Fsp3) is 0.150. The molecule has 146 valence electrons. The molecule has 8 heteroatoms. The predicted octanol–water partition coefficient (Wildman–Crippen LogP) is 6.01. The van der Waals surface area contributed by atoms with Gasteiger partial charge in [-0.3, -0.25) is 0 Å². The van der Waals surface area contributed by atoms with Crippen LogP contribution in [0, 0.1) is 13.8 Å². The summed E-state index contributed by atoms with van der Waals surface area (Å²) in [6.07, 6.45) is 0. The van der Waals surface area contributed by atoms with Gasteiger partial charge in [-0.05, 0) is 66.4 Å². The minimum Gasteiger partial charge on any atom is -0.477 e. The van der Waals surface area contributed by atoms with Gasteiger partial charge in [-0.25, -0.2) is 13.2 Å². The van der Waals surface area contributed by atoms with Crippen LogP contribution in [0.15, 0.2) is 47.4 Å². The van der Waals surface area contributed by atoms with E-state index in [0.29, 0.717) is 26.0 Å². The van der Waals surface area contributed by atoms with Crippen LogP contribution in [-0.4, -0.2) is 19.5 Å². The second-order valence-corrected chi connectivity index (χ2v) is 10.3. The Kier molecular flexibility index (Phi) is 5.87. The van der Waals surface area contributed by atoms with Crippen molar-refractivity contribution in [1.82, 2.24) is 0 Å². The smallest absolute Gasteiger partial charge is 0.346 e. The van der Waals surface area contributed by atoms with Crippen LogP contribution in [0.1, 0.15) is 26.4 Å². The van der Waals surface area contributed by atoms with E-state index in [2.05, 4.69) is 0 Å². The molecule has 0 bridgehead atoms. The highest BCUT2D eigenvalue weighted by Gasteiger charge is 2.25. The summed E-state index contributed by atoms with van der Waals surface area (Å²) in [5, 5.41) is 10.6. The fourth-order valence-corrected chi connectivity index (χ4v) is 6.00. The van der Waals surface area contributed by atoms with Crippen molar-refractivity contribution < 1.29 is 18.3 Å². The number of benzene rings is 2. The SMILES string of the molecule is Cc1cc(S(=O)(=O)Cc2cc(-c3ccc(Cl)cc3)sc2C(=O)O)c(C)cc1Cl. The Bertz CT molecular complexity index is 1160. The summed E-state index contributed by atoms with van der Waals surface area (Å²) in [6.45, 7) is 3.40. The fourth-order valence-electron chi connectivity index (χ4n) is 2.85. The number of thiophene rings is 1. The summed E-state index contributed by atoms with van der Waals surface area (Å²) in [5.74, 6) is -1.56. The Balaban J connectivity index is 2.05. The maximum Gasteiger partial charge on any atom is 0.346 e. The first kappa shape index (κ1) is 20.9. The first-order valence-corrected chi connectivity index (χ1v) is 11.4. The number of carboxylic acids is 1. The van der Waals surface area contributed by atoms with Crippen LogP contribution in [0.3, 0.4) is 0 Å². The quantitative estimate of drug-likeness (QED) is 0.512. The Morgan fingerprint density at radius 3 is 2.29 bits per heavy atom. The molecule has 0 atom stereocenters. The molecule has 28 heavy (non-hydrogen) atoms. The number of hydrogen-bond acceptors (Lipinski definition) is 4. The van der Waals surface area contributed by atoms with E-state index in [9.17, 15) is 18.3 Å². The van der Waals surface area contributed by atoms with Crippen LogP contribution in [0.2, 0.25) is 10.0 Å². The molecule has 0 fully saturated rings. The third kappa shape index (κ3) is 4.25. The Morgan fingerprint density at radius 1 is 1.04 bits per heavy atom. The standard InChI is InChI=1S/C20H16Cl2O4S2/c1-11-8-18(12(2)7-16(11)22)28(25,26)10-14-9-17(27-19(14)20(23)24)13-3-5-15(21)6-4-13/h3-9H,10H2,1-2H3,(H,23,24). The summed E-state index contributed by atoms with van der Waals surface area (Å²) in [7, 11) is -3.75. The molecule has 0 saturated carbocycles. The Hall–Kier alpha value is -1.86. The third-order valence-electron chi connectivity index (χ3n) is 4.27. The van der Waals surface area contributed by atoms with Crippen molar-refractivity contribution >= 4 is 50.3 Å². The number of aromatic carboxylic acids is 1. The molecular formula is C20H16Cl2O4S2. The Labute approximate surface area is 177 Å². The highest BCUT2D eigenvalue weighted by atomic mass is 35.5. The van der Waals surface area contributed by atoms with Crippen molar-refractivity contribution in [1.29, 1.82) is 0 Å². The number of carboxylic acid groups (broad SMARTS) is 1. The summed E-state index contributed by atoms with van der Waals surface area (Å²) >= 11 is 13.0. The van der Waals surface area contributed by atoms with Gasteiger partial charge in [-0.1, -0.05) is 35.3 Å². The van der Waals surface area contributed by atoms with E-state index < -0.39 is 21.6 Å². The van der Waals surface area contributed by atoms with E-state index in [1.165, 1.54) is 6.07 Å². The highest BCUT2D eigenvalue weighted by molar-refractivity contribution is 7.90. The monoisotopic (exact) mass is 454 g/mol. The number of carbonyl (C=O) groups is 1. The topological polar surface area (TPSA) is 71.4 Å². The molecule has 0 aliphatic carbocycles. The van der Waals surface area contributed by atoms with E-state index >= 15 is 0 Å². The van der Waals surface area contributed by atoms with Gasteiger partial charge in [0.05, 0.1) is 10.6 Å². The van der Waals surface area contributed by atoms with Gasteiger partial charge in [0.25, 0.3) is 0 Å². The largest absolute Gasteiger partial charge is 0.477 e. The van der Waals surface area contributed by atoms with Crippen molar-refractivity contribution in [3.63, 3.8) is 0 Å². The van der Waals surface area contributed by atoms with Crippen molar-refractivity contribution in [2.75, 3.05) is 0 Å². The molecule has 1 aromatic heterocycles. The van der Waals surface area contributed by atoms with E-state index in [4.69, 9.17) is 23.2 Å². The molecule has 1 N–H and O–H groups in total. The molecule has 0 aliphatic heterocycles. The normalized spacial score (nSPS) is 11.6. The Morgan fingerprint density at radius 2 is 1.68 bits per heavy atom. The number of aryl methyl sites for hydroxylation is 2. The highest BCUT2D eigenvalue weighted by Crippen LogP contribution is 2.35. The lowest BCUT2D eigenvalue weighted by atomic mass is 10.1. The van der Waals surface area contributed by atoms with Gasteiger partial charge in [-0.2, -0.15) is 0 Å². The van der Waals surface area contributed by atoms with Gasteiger partial charge in [0.2, 0.25) is 0 Å². The zero-order valence-electron chi connectivity index (χ0n) is 15.0. The van der Waals surface area contributed by atoms with Crippen molar-refractivity contribution in [3.8, 4) is 10.4 Å². The minimum absolute atomic E-state index is 0.0110. The number of rotatable bonds is 5. The number of hydrogen-bond donors (Lipinski definition) is 1. The maximum absolute atomic E-state index is 13.0. The molecule has 0 amide bonds. The van der Waals surface area contributed by atoms with Crippen LogP contribution in [-0.2, 0) is 15.6 Å². The van der Waals surface area contributed by atoms with Gasteiger partial charge in [-0.15, -0.1) is 11.3 Å². The van der Waals surface area contributed by atoms with Crippen LogP contribution in [0.5, 0.6) is 0 Å². The van der Waals surface area contributed by atoms with Gasteiger partial charge in [0.15, 0.2) is 9.84 Å². The molecule has 1 heterocycles. The predicted molar refractivity (Wildman–Crippen MR) is 114 cm³/mol. The molecule has 0 spiro atoms. The van der Waals surface area contributed by atoms with E-state index in [0.717, 1.165) is 16.9 Å². The second kappa shape index (κ2) is 7.87. The summed E-state index contributed by atoms with van der Waals surface area (Å²) in [5.41, 5.74) is 2.21. The minimum atomic E-state index is -3.75. The van der Waals surface area contributed by atoms with Crippen LogP contribution in [0.4, 0.5) is 0 Å². The van der Waals surface area contributed by atoms with Gasteiger partial charge in [0, 0.05) is 14.9 Å². The van der Waals surface area contributed by atoms with Crippen molar-refractivity contribution in [3.05, 3.63) is 74.1 Å². The maximum atomic E-state index is 13.0. The van der Waals surface area contributed by atoms with E-state index in [-0.39, 0.29) is 15.3 Å². The molecule has 0 aliphatic rings.